The zero-order valence-corrected chi connectivity index (χ0v) is 8.71. The average molecular weight is 210 g/mol. The van der Waals surface area contributed by atoms with Gasteiger partial charge in [-0.1, -0.05) is 0 Å². The van der Waals surface area contributed by atoms with Crippen molar-refractivity contribution in [1.29, 1.82) is 0 Å². The number of aromatic nitrogens is 2. The summed E-state index contributed by atoms with van der Waals surface area (Å²) < 4.78 is 0. The molecular weight excluding hydrogens is 200 g/mol. The Morgan fingerprint density at radius 2 is 2.00 bits per heavy atom. The van der Waals surface area contributed by atoms with Gasteiger partial charge in [0, 0.05) is 11.4 Å². The van der Waals surface area contributed by atoms with Crippen molar-refractivity contribution in [2.45, 2.75) is 13.8 Å². The molecule has 1 heterocycles. The maximum atomic E-state index is 10.6. The molecule has 0 unspecified atom stereocenters. The Balaban J connectivity index is 3.16. The van der Waals surface area contributed by atoms with Crippen LogP contribution in [0.25, 0.3) is 0 Å². The number of carbonyl (C=O) groups is 1. The molecule has 6 heteroatoms. The molecule has 1 aromatic heterocycles. The largest absolute Gasteiger partial charge is 0.375 e. The summed E-state index contributed by atoms with van der Waals surface area (Å²) in [6.07, 6.45) is 0.497. The first-order chi connectivity index (χ1) is 6.54. The average Bonchev–Trinajstić information content (AvgIpc) is 2.02. The third-order valence-electron chi connectivity index (χ3n) is 1.53. The van der Waals surface area contributed by atoms with Gasteiger partial charge in [-0.2, -0.15) is 0 Å². The molecule has 0 bridgehead atoms. The number of aryl methyl sites for hydroxylation is 2. The Bertz CT molecular complexity index is 359. The van der Waals surface area contributed by atoms with Crippen LogP contribution in [-0.2, 0) is 4.79 Å². The lowest BCUT2D eigenvalue weighted by Gasteiger charge is -2.13. The lowest BCUT2D eigenvalue weighted by atomic mass is 10.3. The molecule has 0 atom stereocenters. The lowest BCUT2D eigenvalue weighted by Crippen LogP contribution is -2.35. The Labute approximate surface area is 87.0 Å². The lowest BCUT2D eigenvalue weighted by molar-refractivity contribution is -0.106. The van der Waals surface area contributed by atoms with Gasteiger partial charge in [0.1, 0.15) is 0 Å². The second kappa shape index (κ2) is 4.10. The fraction of sp³-hybridized carbons (Fsp3) is 0.250. The number of rotatable bonds is 2. The van der Waals surface area contributed by atoms with E-state index in [2.05, 4.69) is 22.2 Å². The van der Waals surface area contributed by atoms with Crippen LogP contribution in [0.1, 0.15) is 11.4 Å². The molecule has 0 fully saturated rings. The minimum absolute atomic E-state index is 0.0648. The minimum Gasteiger partial charge on any atom is -0.375 e. The van der Waals surface area contributed by atoms with Crippen LogP contribution in [0, 0.1) is 13.8 Å². The van der Waals surface area contributed by atoms with E-state index in [0.29, 0.717) is 6.41 Å². The monoisotopic (exact) mass is 210 g/mol. The first-order valence-corrected chi connectivity index (χ1v) is 4.31. The fourth-order valence-corrected chi connectivity index (χ4v) is 1.14. The molecule has 1 aromatic rings. The van der Waals surface area contributed by atoms with Gasteiger partial charge in [0.15, 0.2) is 5.11 Å². The highest BCUT2D eigenvalue weighted by atomic mass is 32.1. The van der Waals surface area contributed by atoms with Crippen molar-refractivity contribution in [3.63, 3.8) is 0 Å². The van der Waals surface area contributed by atoms with Gasteiger partial charge in [0.2, 0.25) is 12.4 Å². The molecule has 0 aliphatic heterocycles. The summed E-state index contributed by atoms with van der Waals surface area (Å²) in [6.45, 7) is 3.61. The summed E-state index contributed by atoms with van der Waals surface area (Å²) in [7, 11) is 0. The third kappa shape index (κ3) is 2.23. The van der Waals surface area contributed by atoms with Crippen LogP contribution >= 0.6 is 12.2 Å². The summed E-state index contributed by atoms with van der Waals surface area (Å²) in [5, 5.41) is -0.0648. The van der Waals surface area contributed by atoms with E-state index in [1.54, 1.807) is 19.9 Å². The Kier molecular flexibility index (Phi) is 3.08. The Hall–Kier alpha value is -1.56. The second-order valence-corrected chi connectivity index (χ2v) is 3.18. The van der Waals surface area contributed by atoms with E-state index in [0.717, 1.165) is 16.3 Å². The molecule has 5 nitrogen and oxygen atoms in total. The first-order valence-electron chi connectivity index (χ1n) is 3.91. The summed E-state index contributed by atoms with van der Waals surface area (Å²) in [6, 6.07) is 1.80. The summed E-state index contributed by atoms with van der Waals surface area (Å²) in [5.41, 5.74) is 6.85. The summed E-state index contributed by atoms with van der Waals surface area (Å²) in [5.74, 6) is 0.213. The summed E-state index contributed by atoms with van der Waals surface area (Å²) >= 11 is 4.68. The first kappa shape index (κ1) is 10.5. The number of nitrogens with zero attached hydrogens (tertiary/aromatic N) is 3. The van der Waals surface area contributed by atoms with E-state index >= 15 is 0 Å². The molecule has 74 valence electrons. The minimum atomic E-state index is -0.0648. The molecule has 1 rings (SSSR count). The van der Waals surface area contributed by atoms with E-state index in [4.69, 9.17) is 5.73 Å². The van der Waals surface area contributed by atoms with Crippen molar-refractivity contribution in [3.8, 4) is 0 Å². The van der Waals surface area contributed by atoms with Crippen LogP contribution in [0.2, 0.25) is 0 Å². The second-order valence-electron chi connectivity index (χ2n) is 2.76. The van der Waals surface area contributed by atoms with Gasteiger partial charge in [-0.25, -0.2) is 14.9 Å². The topological polar surface area (TPSA) is 72.1 Å². The zero-order chi connectivity index (χ0) is 10.7. The molecule has 0 aromatic carbocycles. The van der Waals surface area contributed by atoms with Gasteiger partial charge >= 0.3 is 0 Å². The van der Waals surface area contributed by atoms with E-state index in [-0.39, 0.29) is 11.1 Å². The van der Waals surface area contributed by atoms with Crippen molar-refractivity contribution >= 4 is 29.7 Å². The van der Waals surface area contributed by atoms with Crippen LogP contribution in [0.5, 0.6) is 0 Å². The third-order valence-corrected chi connectivity index (χ3v) is 1.73. The number of thiocarbonyl (C=S) groups is 1. The van der Waals surface area contributed by atoms with Crippen molar-refractivity contribution in [3.05, 3.63) is 17.5 Å². The number of nitrogens with two attached hydrogens (primary N) is 1. The van der Waals surface area contributed by atoms with E-state index in [9.17, 15) is 4.79 Å². The van der Waals surface area contributed by atoms with Crippen LogP contribution in [0.3, 0.4) is 0 Å². The van der Waals surface area contributed by atoms with Gasteiger partial charge in [0.05, 0.1) is 0 Å². The predicted octanol–water partition coefficient (Wildman–Crippen LogP) is 0.300. The SMILES string of the molecule is Cc1cc(C)nc(N(C=O)C(N)=S)n1. The van der Waals surface area contributed by atoms with Crippen molar-refractivity contribution < 1.29 is 4.79 Å². The standard InChI is InChI=1S/C8H10N4OS/c1-5-3-6(2)11-8(10-5)12(4-13)7(9)14/h3-4H,1-2H3,(H2,9,14). The molecule has 0 saturated heterocycles. The van der Waals surface area contributed by atoms with Gasteiger partial charge in [-0.05, 0) is 32.1 Å². The maximum Gasteiger partial charge on any atom is 0.238 e. The Morgan fingerprint density at radius 1 is 1.50 bits per heavy atom. The van der Waals surface area contributed by atoms with Gasteiger partial charge in [-0.15, -0.1) is 0 Å². The van der Waals surface area contributed by atoms with Crippen LogP contribution in [-0.4, -0.2) is 21.5 Å². The maximum absolute atomic E-state index is 10.6. The summed E-state index contributed by atoms with van der Waals surface area (Å²) in [4.78, 5) is 19.8. The van der Waals surface area contributed by atoms with E-state index < -0.39 is 0 Å². The molecule has 0 saturated carbocycles. The van der Waals surface area contributed by atoms with Gasteiger partial charge in [-0.3, -0.25) is 4.79 Å². The molecule has 2 N–H and O–H groups in total. The fourth-order valence-electron chi connectivity index (χ4n) is 1.01. The number of amides is 1. The molecule has 1 amide bonds. The van der Waals surface area contributed by atoms with E-state index in [1.165, 1.54) is 0 Å². The number of anilines is 1. The van der Waals surface area contributed by atoms with Gasteiger partial charge in [0.25, 0.3) is 0 Å². The highest BCUT2D eigenvalue weighted by molar-refractivity contribution is 7.80. The highest BCUT2D eigenvalue weighted by Gasteiger charge is 2.11. The molecule has 0 radical (unpaired) electrons. The molecule has 14 heavy (non-hydrogen) atoms. The van der Waals surface area contributed by atoms with Crippen LogP contribution in [0.15, 0.2) is 6.07 Å². The molecular formula is C8H10N4OS. The predicted molar refractivity (Wildman–Crippen MR) is 56.8 cm³/mol. The number of carbonyl (C=O) groups excluding carboxylic acids is 1. The van der Waals surface area contributed by atoms with Crippen molar-refractivity contribution in [2.24, 2.45) is 5.73 Å². The van der Waals surface area contributed by atoms with Crippen LogP contribution < -0.4 is 10.6 Å². The van der Waals surface area contributed by atoms with Crippen LogP contribution in [0.4, 0.5) is 5.95 Å². The quantitative estimate of drug-likeness (QED) is 0.561. The number of hydrogen-bond donors (Lipinski definition) is 1. The van der Waals surface area contributed by atoms with Gasteiger partial charge < -0.3 is 5.73 Å². The Morgan fingerprint density at radius 3 is 2.36 bits per heavy atom. The normalized spacial score (nSPS) is 9.57. The smallest absolute Gasteiger partial charge is 0.238 e. The number of hydrogen-bond acceptors (Lipinski definition) is 4. The van der Waals surface area contributed by atoms with E-state index in [1.807, 2.05) is 0 Å². The van der Waals surface area contributed by atoms with Crippen molar-refractivity contribution in [2.75, 3.05) is 4.90 Å². The zero-order valence-electron chi connectivity index (χ0n) is 7.89. The molecule has 0 spiro atoms. The van der Waals surface area contributed by atoms with Crippen molar-refractivity contribution in [1.82, 2.24) is 9.97 Å². The highest BCUT2D eigenvalue weighted by Crippen LogP contribution is 2.07. The molecule has 0 aliphatic rings. The molecule has 0 aliphatic carbocycles.